The third-order valence-electron chi connectivity index (χ3n) is 7.81. The molecule has 5 nitrogen and oxygen atoms in total. The summed E-state index contributed by atoms with van der Waals surface area (Å²) in [5.74, 6) is 1.13. The maximum absolute atomic E-state index is 11.9. The van der Waals surface area contributed by atoms with Gasteiger partial charge in [-0.05, 0) is 24.7 Å². The maximum Gasteiger partial charge on any atom is 0.305 e. The minimum atomic E-state index is -0.955. The van der Waals surface area contributed by atoms with E-state index in [1.54, 1.807) is 0 Å². The lowest BCUT2D eigenvalue weighted by atomic mass is 9.99. The molecule has 232 valence electrons. The molecule has 1 N–H and O–H groups in total. The molecule has 5 heteroatoms. The van der Waals surface area contributed by atoms with E-state index in [0.717, 1.165) is 50.4 Å². The number of aliphatic hydroxyl groups excluding tert-OH is 1. The molecule has 0 fully saturated rings. The first-order valence-electron chi connectivity index (χ1n) is 16.8. The average Bonchev–Trinajstić information content (AvgIpc) is 2.91. The van der Waals surface area contributed by atoms with Gasteiger partial charge in [-0.3, -0.25) is 9.59 Å². The highest BCUT2D eigenvalue weighted by molar-refractivity contribution is 5.69. The van der Waals surface area contributed by atoms with Gasteiger partial charge in [-0.25, -0.2) is 0 Å². The van der Waals surface area contributed by atoms with Crippen LogP contribution in [0.5, 0.6) is 0 Å². The standard InChI is InChI=1S/C34H66O5/c1-5-31(4)25-21-17-13-8-6-7-9-14-18-22-26-33(36)38-28-32(35)29-39-34(37)27-23-19-15-11-10-12-16-20-24-30(2)3/h30-32,35H,5-29H2,1-4H3/t31?,32-/m0/s1. The molecule has 0 aliphatic rings. The van der Waals surface area contributed by atoms with Crippen molar-refractivity contribution in [2.75, 3.05) is 13.2 Å². The monoisotopic (exact) mass is 554 g/mol. The molecule has 0 aliphatic heterocycles. The minimum Gasteiger partial charge on any atom is -0.463 e. The Morgan fingerprint density at radius 1 is 0.538 bits per heavy atom. The van der Waals surface area contributed by atoms with Gasteiger partial charge < -0.3 is 14.6 Å². The highest BCUT2D eigenvalue weighted by atomic mass is 16.6. The molecule has 0 aromatic rings. The number of hydrogen-bond acceptors (Lipinski definition) is 5. The van der Waals surface area contributed by atoms with Gasteiger partial charge in [0.05, 0.1) is 0 Å². The van der Waals surface area contributed by atoms with Crippen LogP contribution in [0.1, 0.15) is 175 Å². The molecule has 2 atom stereocenters. The normalized spacial score (nSPS) is 13.0. The first-order chi connectivity index (χ1) is 18.8. The number of esters is 2. The van der Waals surface area contributed by atoms with Gasteiger partial charge in [-0.15, -0.1) is 0 Å². The summed E-state index contributed by atoms with van der Waals surface area (Å²) in [6, 6.07) is 0. The van der Waals surface area contributed by atoms with Crippen LogP contribution >= 0.6 is 0 Å². The van der Waals surface area contributed by atoms with E-state index in [4.69, 9.17) is 9.47 Å². The zero-order chi connectivity index (χ0) is 29.0. The summed E-state index contributed by atoms with van der Waals surface area (Å²) in [5, 5.41) is 9.95. The van der Waals surface area contributed by atoms with E-state index in [1.165, 1.54) is 96.3 Å². The van der Waals surface area contributed by atoms with Gasteiger partial charge in [0.15, 0.2) is 0 Å². The zero-order valence-corrected chi connectivity index (χ0v) is 26.5. The van der Waals surface area contributed by atoms with E-state index < -0.39 is 6.10 Å². The summed E-state index contributed by atoms with van der Waals surface area (Å²) in [5.41, 5.74) is 0. The van der Waals surface area contributed by atoms with Crippen LogP contribution in [0.4, 0.5) is 0 Å². The lowest BCUT2D eigenvalue weighted by Gasteiger charge is -2.12. The molecule has 0 amide bonds. The fourth-order valence-electron chi connectivity index (χ4n) is 4.83. The molecule has 0 saturated heterocycles. The van der Waals surface area contributed by atoms with Crippen LogP contribution in [-0.4, -0.2) is 36.4 Å². The van der Waals surface area contributed by atoms with Gasteiger partial charge in [0.2, 0.25) is 0 Å². The van der Waals surface area contributed by atoms with E-state index in [2.05, 4.69) is 27.7 Å². The molecule has 0 radical (unpaired) electrons. The number of aliphatic hydroxyl groups is 1. The van der Waals surface area contributed by atoms with Crippen LogP contribution in [0.25, 0.3) is 0 Å². The van der Waals surface area contributed by atoms with Gasteiger partial charge in [0.25, 0.3) is 0 Å². The van der Waals surface area contributed by atoms with Gasteiger partial charge in [0, 0.05) is 12.8 Å². The van der Waals surface area contributed by atoms with E-state index in [1.807, 2.05) is 0 Å². The fraction of sp³-hybridized carbons (Fsp3) is 0.941. The van der Waals surface area contributed by atoms with Crippen molar-refractivity contribution in [1.29, 1.82) is 0 Å². The predicted octanol–water partition coefficient (Wildman–Crippen LogP) is 9.72. The van der Waals surface area contributed by atoms with Crippen molar-refractivity contribution in [2.45, 2.75) is 181 Å². The third kappa shape index (κ3) is 29.7. The van der Waals surface area contributed by atoms with Crippen molar-refractivity contribution in [1.82, 2.24) is 0 Å². The number of hydrogen-bond donors (Lipinski definition) is 1. The zero-order valence-electron chi connectivity index (χ0n) is 26.5. The Morgan fingerprint density at radius 3 is 1.23 bits per heavy atom. The number of ether oxygens (including phenoxy) is 2. The Kier molecular flexibility index (Phi) is 27.6. The van der Waals surface area contributed by atoms with Gasteiger partial charge in [0.1, 0.15) is 19.3 Å². The van der Waals surface area contributed by atoms with Crippen LogP contribution in [-0.2, 0) is 19.1 Å². The molecule has 0 spiro atoms. The van der Waals surface area contributed by atoms with E-state index >= 15 is 0 Å². The van der Waals surface area contributed by atoms with E-state index in [9.17, 15) is 14.7 Å². The molecule has 0 bridgehead atoms. The molecule has 0 saturated carbocycles. The van der Waals surface area contributed by atoms with Crippen molar-refractivity contribution in [3.8, 4) is 0 Å². The topological polar surface area (TPSA) is 72.8 Å². The molecule has 0 aromatic heterocycles. The summed E-state index contributed by atoms with van der Waals surface area (Å²) in [7, 11) is 0. The first kappa shape index (κ1) is 37.9. The fourth-order valence-corrected chi connectivity index (χ4v) is 4.83. The van der Waals surface area contributed by atoms with Crippen molar-refractivity contribution < 1.29 is 24.2 Å². The quantitative estimate of drug-likeness (QED) is 0.0736. The molecule has 0 aromatic carbocycles. The second kappa shape index (κ2) is 28.4. The summed E-state index contributed by atoms with van der Waals surface area (Å²) in [6.45, 7) is 8.97. The number of carbonyl (C=O) groups is 2. The molecule has 0 aliphatic carbocycles. The number of rotatable bonds is 29. The molecular weight excluding hydrogens is 488 g/mol. The van der Waals surface area contributed by atoms with Crippen molar-refractivity contribution in [3.05, 3.63) is 0 Å². The molecule has 0 rings (SSSR count). The number of unbranched alkanes of at least 4 members (excludes halogenated alkanes) is 16. The van der Waals surface area contributed by atoms with Crippen LogP contribution in [0, 0.1) is 11.8 Å². The molecule has 1 unspecified atom stereocenters. The van der Waals surface area contributed by atoms with Crippen LogP contribution < -0.4 is 0 Å². The van der Waals surface area contributed by atoms with E-state index in [-0.39, 0.29) is 25.2 Å². The summed E-state index contributed by atoms with van der Waals surface area (Å²) >= 11 is 0. The second-order valence-electron chi connectivity index (χ2n) is 12.4. The van der Waals surface area contributed by atoms with Gasteiger partial charge in [-0.1, -0.05) is 150 Å². The number of carbonyl (C=O) groups excluding carboxylic acids is 2. The maximum atomic E-state index is 11.9. The van der Waals surface area contributed by atoms with Crippen LogP contribution in [0.15, 0.2) is 0 Å². The highest BCUT2D eigenvalue weighted by Gasteiger charge is 2.12. The lowest BCUT2D eigenvalue weighted by molar-refractivity contribution is -0.152. The summed E-state index contributed by atoms with van der Waals surface area (Å²) in [4.78, 5) is 23.8. The Morgan fingerprint density at radius 2 is 0.872 bits per heavy atom. The molecular formula is C34H66O5. The van der Waals surface area contributed by atoms with Crippen LogP contribution in [0.3, 0.4) is 0 Å². The summed E-state index contributed by atoms with van der Waals surface area (Å²) in [6.07, 6.45) is 25.8. The van der Waals surface area contributed by atoms with Crippen molar-refractivity contribution >= 4 is 11.9 Å². The Labute approximate surface area is 242 Å². The van der Waals surface area contributed by atoms with Crippen LogP contribution in [0.2, 0.25) is 0 Å². The third-order valence-corrected chi connectivity index (χ3v) is 7.81. The summed E-state index contributed by atoms with van der Waals surface area (Å²) < 4.78 is 10.3. The average molecular weight is 555 g/mol. The molecule has 0 heterocycles. The highest BCUT2D eigenvalue weighted by Crippen LogP contribution is 2.16. The predicted molar refractivity (Wildman–Crippen MR) is 164 cm³/mol. The smallest absolute Gasteiger partial charge is 0.305 e. The SMILES string of the molecule is CCC(C)CCCCCCCCCCCCC(=O)OC[C@H](O)COC(=O)CCCCCCCCCCC(C)C. The van der Waals surface area contributed by atoms with E-state index in [0.29, 0.717) is 12.8 Å². The van der Waals surface area contributed by atoms with Gasteiger partial charge >= 0.3 is 11.9 Å². The minimum absolute atomic E-state index is 0.110. The Hall–Kier alpha value is -1.10. The van der Waals surface area contributed by atoms with Gasteiger partial charge in [-0.2, -0.15) is 0 Å². The van der Waals surface area contributed by atoms with Crippen molar-refractivity contribution in [3.63, 3.8) is 0 Å². The largest absolute Gasteiger partial charge is 0.463 e. The second-order valence-corrected chi connectivity index (χ2v) is 12.4. The Balaban J connectivity index is 3.43. The Bertz CT molecular complexity index is 548. The lowest BCUT2D eigenvalue weighted by Crippen LogP contribution is -2.25. The van der Waals surface area contributed by atoms with Crippen molar-refractivity contribution in [2.24, 2.45) is 11.8 Å². The molecule has 39 heavy (non-hydrogen) atoms. The first-order valence-corrected chi connectivity index (χ1v) is 16.8.